The van der Waals surface area contributed by atoms with Crippen molar-refractivity contribution in [2.75, 3.05) is 32.7 Å². The van der Waals surface area contributed by atoms with Crippen molar-refractivity contribution in [1.82, 2.24) is 9.80 Å². The maximum Gasteiger partial charge on any atom is 0.0113 e. The molecular formula is C12H27N3. The lowest BCUT2D eigenvalue weighted by Gasteiger charge is -2.37. The van der Waals surface area contributed by atoms with Crippen LogP contribution in [0, 0.1) is 0 Å². The number of hydrogen-bond acceptors (Lipinski definition) is 3. The lowest BCUT2D eigenvalue weighted by molar-refractivity contribution is 0.106. The third kappa shape index (κ3) is 4.49. The second-order valence-electron chi connectivity index (χ2n) is 4.93. The van der Waals surface area contributed by atoms with Crippen molar-refractivity contribution in [3.8, 4) is 0 Å². The summed E-state index contributed by atoms with van der Waals surface area (Å²) in [6.07, 6.45) is 2.25. The molecule has 0 aromatic rings. The first-order chi connectivity index (χ1) is 7.13. The van der Waals surface area contributed by atoms with E-state index >= 15 is 0 Å². The number of hydrogen-bond donors (Lipinski definition) is 1. The van der Waals surface area contributed by atoms with E-state index in [1.54, 1.807) is 0 Å². The second kappa shape index (κ2) is 6.46. The molecule has 1 heterocycles. The SMILES string of the molecule is CCC(N)CCN1CCN(C(C)C)CC1. The molecule has 0 saturated carbocycles. The van der Waals surface area contributed by atoms with Crippen molar-refractivity contribution in [3.05, 3.63) is 0 Å². The van der Waals surface area contributed by atoms with Crippen molar-refractivity contribution in [1.29, 1.82) is 0 Å². The van der Waals surface area contributed by atoms with Gasteiger partial charge in [-0.3, -0.25) is 4.90 Å². The van der Waals surface area contributed by atoms with Gasteiger partial charge in [0.25, 0.3) is 0 Å². The Hall–Kier alpha value is -0.120. The van der Waals surface area contributed by atoms with Gasteiger partial charge in [0, 0.05) is 38.3 Å². The van der Waals surface area contributed by atoms with Crippen molar-refractivity contribution < 1.29 is 0 Å². The van der Waals surface area contributed by atoms with E-state index in [1.807, 2.05) is 0 Å². The largest absolute Gasteiger partial charge is 0.328 e. The molecule has 0 bridgehead atoms. The number of rotatable bonds is 5. The molecule has 1 fully saturated rings. The number of piperazine rings is 1. The highest BCUT2D eigenvalue weighted by atomic mass is 15.3. The summed E-state index contributed by atoms with van der Waals surface area (Å²) in [7, 11) is 0. The van der Waals surface area contributed by atoms with Crippen LogP contribution in [0.1, 0.15) is 33.6 Å². The third-order valence-corrected chi connectivity index (χ3v) is 3.48. The van der Waals surface area contributed by atoms with Gasteiger partial charge in [-0.05, 0) is 33.2 Å². The Morgan fingerprint density at radius 3 is 2.20 bits per heavy atom. The van der Waals surface area contributed by atoms with Gasteiger partial charge in [-0.1, -0.05) is 6.92 Å². The lowest BCUT2D eigenvalue weighted by Crippen LogP contribution is -2.49. The predicted molar refractivity (Wildman–Crippen MR) is 66.0 cm³/mol. The fourth-order valence-electron chi connectivity index (χ4n) is 2.06. The molecule has 1 rings (SSSR count). The first kappa shape index (κ1) is 12.9. The van der Waals surface area contributed by atoms with Crippen molar-refractivity contribution in [2.45, 2.75) is 45.7 Å². The van der Waals surface area contributed by atoms with E-state index < -0.39 is 0 Å². The van der Waals surface area contributed by atoms with Crippen LogP contribution in [-0.2, 0) is 0 Å². The van der Waals surface area contributed by atoms with Gasteiger partial charge < -0.3 is 10.6 Å². The van der Waals surface area contributed by atoms with Crippen LogP contribution in [0.25, 0.3) is 0 Å². The molecule has 1 atom stereocenters. The molecule has 0 aliphatic carbocycles. The number of nitrogens with two attached hydrogens (primary N) is 1. The molecule has 90 valence electrons. The fourth-order valence-corrected chi connectivity index (χ4v) is 2.06. The van der Waals surface area contributed by atoms with Gasteiger partial charge in [0.1, 0.15) is 0 Å². The van der Waals surface area contributed by atoms with Crippen molar-refractivity contribution >= 4 is 0 Å². The van der Waals surface area contributed by atoms with Crippen LogP contribution in [0.5, 0.6) is 0 Å². The summed E-state index contributed by atoms with van der Waals surface area (Å²) >= 11 is 0. The Balaban J connectivity index is 2.14. The molecule has 2 N–H and O–H groups in total. The van der Waals surface area contributed by atoms with Gasteiger partial charge in [-0.25, -0.2) is 0 Å². The van der Waals surface area contributed by atoms with E-state index in [0.717, 1.165) is 12.8 Å². The first-order valence-electron chi connectivity index (χ1n) is 6.35. The standard InChI is InChI=1S/C12H27N3/c1-4-12(13)5-6-14-7-9-15(10-8-14)11(2)3/h11-12H,4-10,13H2,1-3H3. The monoisotopic (exact) mass is 213 g/mol. The normalized spacial score (nSPS) is 22.2. The van der Waals surface area contributed by atoms with E-state index in [4.69, 9.17) is 5.73 Å². The highest BCUT2D eigenvalue weighted by molar-refractivity contribution is 4.75. The molecule has 0 amide bonds. The Labute approximate surface area is 94.6 Å². The van der Waals surface area contributed by atoms with Crippen molar-refractivity contribution in [3.63, 3.8) is 0 Å². The van der Waals surface area contributed by atoms with Crippen LogP contribution in [-0.4, -0.2) is 54.6 Å². The first-order valence-corrected chi connectivity index (χ1v) is 6.35. The Kier molecular flexibility index (Phi) is 5.58. The molecule has 15 heavy (non-hydrogen) atoms. The maximum atomic E-state index is 5.93. The average molecular weight is 213 g/mol. The molecule has 0 radical (unpaired) electrons. The van der Waals surface area contributed by atoms with Gasteiger partial charge in [-0.2, -0.15) is 0 Å². The lowest BCUT2D eigenvalue weighted by atomic mass is 10.1. The summed E-state index contributed by atoms with van der Waals surface area (Å²) in [6.45, 7) is 12.8. The second-order valence-corrected chi connectivity index (χ2v) is 4.93. The van der Waals surface area contributed by atoms with Crippen LogP contribution >= 0.6 is 0 Å². The maximum absolute atomic E-state index is 5.93. The van der Waals surface area contributed by atoms with Crippen LogP contribution in [0.15, 0.2) is 0 Å². The minimum Gasteiger partial charge on any atom is -0.328 e. The topological polar surface area (TPSA) is 32.5 Å². The highest BCUT2D eigenvalue weighted by Gasteiger charge is 2.18. The van der Waals surface area contributed by atoms with Crippen LogP contribution in [0.2, 0.25) is 0 Å². The Bertz CT molecular complexity index is 162. The van der Waals surface area contributed by atoms with E-state index in [1.165, 1.54) is 32.7 Å². The summed E-state index contributed by atoms with van der Waals surface area (Å²) < 4.78 is 0. The predicted octanol–water partition coefficient (Wildman–Crippen LogP) is 1.14. The quantitative estimate of drug-likeness (QED) is 0.743. The minimum absolute atomic E-state index is 0.396. The molecular weight excluding hydrogens is 186 g/mol. The molecule has 0 aromatic carbocycles. The summed E-state index contributed by atoms with van der Waals surface area (Å²) in [4.78, 5) is 5.10. The smallest absolute Gasteiger partial charge is 0.0113 e. The summed E-state index contributed by atoms with van der Waals surface area (Å²) in [5.41, 5.74) is 5.93. The molecule has 1 aliphatic heterocycles. The average Bonchev–Trinajstić information content (AvgIpc) is 2.26. The summed E-state index contributed by atoms with van der Waals surface area (Å²) in [5, 5.41) is 0. The number of nitrogens with zero attached hydrogens (tertiary/aromatic N) is 2. The molecule has 1 aliphatic rings. The van der Waals surface area contributed by atoms with Gasteiger partial charge in [0.2, 0.25) is 0 Å². The summed E-state index contributed by atoms with van der Waals surface area (Å²) in [6, 6.07) is 1.10. The Morgan fingerprint density at radius 2 is 1.73 bits per heavy atom. The molecule has 1 saturated heterocycles. The van der Waals surface area contributed by atoms with Gasteiger partial charge in [-0.15, -0.1) is 0 Å². The Morgan fingerprint density at radius 1 is 1.13 bits per heavy atom. The van der Waals surface area contributed by atoms with E-state index in [-0.39, 0.29) is 0 Å². The van der Waals surface area contributed by atoms with Gasteiger partial charge >= 0.3 is 0 Å². The van der Waals surface area contributed by atoms with Crippen LogP contribution in [0.3, 0.4) is 0 Å². The molecule has 3 nitrogen and oxygen atoms in total. The van der Waals surface area contributed by atoms with E-state index in [0.29, 0.717) is 12.1 Å². The third-order valence-electron chi connectivity index (χ3n) is 3.48. The zero-order valence-corrected chi connectivity index (χ0v) is 10.6. The van der Waals surface area contributed by atoms with Crippen molar-refractivity contribution in [2.24, 2.45) is 5.73 Å². The zero-order valence-electron chi connectivity index (χ0n) is 10.6. The van der Waals surface area contributed by atoms with E-state index in [2.05, 4.69) is 30.6 Å². The minimum atomic E-state index is 0.396. The fraction of sp³-hybridized carbons (Fsp3) is 1.00. The molecule has 0 spiro atoms. The molecule has 3 heteroatoms. The van der Waals surface area contributed by atoms with Crippen LogP contribution in [0.4, 0.5) is 0 Å². The summed E-state index contributed by atoms with van der Waals surface area (Å²) in [5.74, 6) is 0. The molecule has 0 aromatic heterocycles. The van der Waals surface area contributed by atoms with E-state index in [9.17, 15) is 0 Å². The zero-order chi connectivity index (χ0) is 11.3. The van der Waals surface area contributed by atoms with Gasteiger partial charge in [0.05, 0.1) is 0 Å². The molecule has 1 unspecified atom stereocenters. The van der Waals surface area contributed by atoms with Crippen LogP contribution < -0.4 is 5.73 Å². The van der Waals surface area contributed by atoms with Gasteiger partial charge in [0.15, 0.2) is 0 Å². The highest BCUT2D eigenvalue weighted by Crippen LogP contribution is 2.07.